The molecule has 0 saturated heterocycles. The minimum atomic E-state index is 0.483. The van der Waals surface area contributed by atoms with Crippen LogP contribution in [0.5, 0.6) is 11.6 Å². The van der Waals surface area contributed by atoms with Crippen LogP contribution in [0.1, 0.15) is 16.8 Å². The van der Waals surface area contributed by atoms with Crippen LogP contribution in [0.3, 0.4) is 0 Å². The first-order valence-electron chi connectivity index (χ1n) is 5.71. The fourth-order valence-corrected chi connectivity index (χ4v) is 2.00. The van der Waals surface area contributed by atoms with Crippen LogP contribution in [0.4, 0.5) is 0 Å². The Kier molecular flexibility index (Phi) is 3.84. The maximum Gasteiger partial charge on any atom is 0.219 e. The molecule has 1 aromatic heterocycles. The largest absolute Gasteiger partial charge is 0.437 e. The van der Waals surface area contributed by atoms with Gasteiger partial charge in [-0.3, -0.25) is 0 Å². The quantitative estimate of drug-likeness (QED) is 0.919. The van der Waals surface area contributed by atoms with Crippen molar-refractivity contribution in [1.82, 2.24) is 4.98 Å². The second kappa shape index (κ2) is 5.38. The van der Waals surface area contributed by atoms with Gasteiger partial charge in [-0.15, -0.1) is 0 Å². The van der Waals surface area contributed by atoms with Crippen molar-refractivity contribution < 1.29 is 4.74 Å². The lowest BCUT2D eigenvalue weighted by molar-refractivity contribution is 0.461. The Bertz CT molecular complexity index is 546. The summed E-state index contributed by atoms with van der Waals surface area (Å²) in [6.07, 6.45) is 0. The van der Waals surface area contributed by atoms with E-state index in [0.717, 1.165) is 16.8 Å². The molecule has 0 radical (unpaired) electrons. The van der Waals surface area contributed by atoms with Crippen molar-refractivity contribution in [2.75, 3.05) is 0 Å². The molecule has 0 atom stereocenters. The number of ether oxygens (including phenoxy) is 1. The maximum absolute atomic E-state index is 6.04. The number of pyridine rings is 1. The number of aryl methyl sites for hydroxylation is 2. The molecule has 0 aliphatic rings. The highest BCUT2D eigenvalue weighted by atomic mass is 35.5. The summed E-state index contributed by atoms with van der Waals surface area (Å²) in [7, 11) is 0. The molecule has 3 nitrogen and oxygen atoms in total. The molecule has 2 aromatic rings. The highest BCUT2D eigenvalue weighted by Crippen LogP contribution is 2.29. The van der Waals surface area contributed by atoms with Crippen molar-refractivity contribution >= 4 is 11.6 Å². The third kappa shape index (κ3) is 2.63. The van der Waals surface area contributed by atoms with Gasteiger partial charge in [-0.05, 0) is 37.1 Å². The Morgan fingerprint density at radius 2 is 2.00 bits per heavy atom. The molecule has 1 aromatic carbocycles. The van der Waals surface area contributed by atoms with Gasteiger partial charge >= 0.3 is 0 Å². The van der Waals surface area contributed by atoms with Gasteiger partial charge in [-0.2, -0.15) is 0 Å². The van der Waals surface area contributed by atoms with Crippen LogP contribution in [0.25, 0.3) is 0 Å². The Balaban J connectivity index is 2.34. The molecule has 94 valence electrons. The fraction of sp³-hybridized carbons (Fsp3) is 0.214. The third-order valence-electron chi connectivity index (χ3n) is 2.79. The average Bonchev–Trinajstić information content (AvgIpc) is 2.32. The summed E-state index contributed by atoms with van der Waals surface area (Å²) in [6.45, 7) is 4.40. The lowest BCUT2D eigenvalue weighted by Gasteiger charge is -2.11. The second-order valence-corrected chi connectivity index (χ2v) is 4.49. The van der Waals surface area contributed by atoms with E-state index in [-0.39, 0.29) is 0 Å². The van der Waals surface area contributed by atoms with Gasteiger partial charge in [-0.1, -0.05) is 23.7 Å². The zero-order valence-electron chi connectivity index (χ0n) is 10.4. The number of nitrogens with two attached hydrogens (primary N) is 1. The Morgan fingerprint density at radius 1 is 1.28 bits per heavy atom. The van der Waals surface area contributed by atoms with Crippen molar-refractivity contribution in [2.24, 2.45) is 5.73 Å². The van der Waals surface area contributed by atoms with Crippen LogP contribution in [-0.2, 0) is 6.54 Å². The molecule has 2 N–H and O–H groups in total. The number of nitrogens with zero attached hydrogens (tertiary/aromatic N) is 1. The molecular formula is C14H15ClN2O. The number of aromatic nitrogens is 1. The predicted octanol–water partition coefficient (Wildman–Crippen LogP) is 3.60. The minimum absolute atomic E-state index is 0.483. The Morgan fingerprint density at radius 3 is 2.61 bits per heavy atom. The molecule has 0 spiro atoms. The second-order valence-electron chi connectivity index (χ2n) is 4.08. The predicted molar refractivity (Wildman–Crippen MR) is 73.1 cm³/mol. The summed E-state index contributed by atoms with van der Waals surface area (Å²) in [5.74, 6) is 1.14. The molecule has 0 aliphatic heterocycles. The molecule has 0 saturated carbocycles. The highest BCUT2D eigenvalue weighted by molar-refractivity contribution is 6.32. The third-order valence-corrected chi connectivity index (χ3v) is 3.10. The Hall–Kier alpha value is -1.58. The van der Waals surface area contributed by atoms with Crippen LogP contribution in [0.15, 0.2) is 30.3 Å². The van der Waals surface area contributed by atoms with Gasteiger partial charge in [0.05, 0.1) is 5.02 Å². The zero-order valence-corrected chi connectivity index (χ0v) is 11.2. The van der Waals surface area contributed by atoms with Crippen molar-refractivity contribution in [2.45, 2.75) is 20.4 Å². The summed E-state index contributed by atoms with van der Waals surface area (Å²) < 4.78 is 5.69. The molecule has 0 aliphatic carbocycles. The minimum Gasteiger partial charge on any atom is -0.437 e. The van der Waals surface area contributed by atoms with Gasteiger partial charge in [-0.25, -0.2) is 4.98 Å². The number of hydrogen-bond donors (Lipinski definition) is 1. The molecular weight excluding hydrogens is 248 g/mol. The summed E-state index contributed by atoms with van der Waals surface area (Å²) in [4.78, 5) is 4.38. The molecule has 1 heterocycles. The van der Waals surface area contributed by atoms with E-state index in [1.807, 2.05) is 38.1 Å². The van der Waals surface area contributed by atoms with Crippen LogP contribution in [0.2, 0.25) is 5.02 Å². The van der Waals surface area contributed by atoms with Gasteiger partial charge in [0.15, 0.2) is 0 Å². The van der Waals surface area contributed by atoms with Crippen LogP contribution in [0, 0.1) is 13.8 Å². The molecule has 0 fully saturated rings. The molecule has 4 heteroatoms. The molecule has 0 bridgehead atoms. The van der Waals surface area contributed by atoms with Crippen molar-refractivity contribution in [3.63, 3.8) is 0 Å². The number of rotatable bonds is 3. The smallest absolute Gasteiger partial charge is 0.219 e. The van der Waals surface area contributed by atoms with Crippen LogP contribution >= 0.6 is 11.6 Å². The molecule has 2 rings (SSSR count). The molecule has 18 heavy (non-hydrogen) atoms. The summed E-state index contributed by atoms with van der Waals surface area (Å²) in [5.41, 5.74) is 8.70. The Labute approximate surface area is 112 Å². The molecule has 0 unspecified atom stereocenters. The normalized spacial score (nSPS) is 10.4. The average molecular weight is 263 g/mol. The van der Waals surface area contributed by atoms with Gasteiger partial charge < -0.3 is 10.5 Å². The van der Waals surface area contributed by atoms with Gasteiger partial charge in [0, 0.05) is 18.3 Å². The SMILES string of the molecule is Cc1cc(Oc2ccccc2Cl)nc(C)c1CN. The lowest BCUT2D eigenvalue weighted by atomic mass is 10.1. The van der Waals surface area contributed by atoms with E-state index in [9.17, 15) is 0 Å². The van der Waals surface area contributed by atoms with E-state index >= 15 is 0 Å². The number of para-hydroxylation sites is 1. The van der Waals surface area contributed by atoms with Crippen molar-refractivity contribution in [3.8, 4) is 11.6 Å². The monoisotopic (exact) mass is 262 g/mol. The maximum atomic E-state index is 6.04. The summed E-state index contributed by atoms with van der Waals surface area (Å²) in [5, 5.41) is 0.567. The number of benzene rings is 1. The lowest BCUT2D eigenvalue weighted by Crippen LogP contribution is -2.04. The van der Waals surface area contributed by atoms with E-state index in [2.05, 4.69) is 4.98 Å². The first kappa shape index (κ1) is 12.9. The van der Waals surface area contributed by atoms with Crippen molar-refractivity contribution in [3.05, 3.63) is 52.2 Å². The first-order valence-corrected chi connectivity index (χ1v) is 6.09. The summed E-state index contributed by atoms with van der Waals surface area (Å²) in [6, 6.07) is 9.20. The summed E-state index contributed by atoms with van der Waals surface area (Å²) >= 11 is 6.04. The van der Waals surface area contributed by atoms with Gasteiger partial charge in [0.1, 0.15) is 5.75 Å². The van der Waals surface area contributed by atoms with Crippen LogP contribution in [-0.4, -0.2) is 4.98 Å². The van der Waals surface area contributed by atoms with Gasteiger partial charge in [0.25, 0.3) is 0 Å². The van der Waals surface area contributed by atoms with Crippen molar-refractivity contribution in [1.29, 1.82) is 0 Å². The number of hydrogen-bond acceptors (Lipinski definition) is 3. The van der Waals surface area contributed by atoms with E-state index in [1.54, 1.807) is 6.07 Å². The van der Waals surface area contributed by atoms with E-state index in [1.165, 1.54) is 0 Å². The van der Waals surface area contributed by atoms with E-state index in [0.29, 0.717) is 23.2 Å². The zero-order chi connectivity index (χ0) is 13.1. The highest BCUT2D eigenvalue weighted by Gasteiger charge is 2.08. The standard InChI is InChI=1S/C14H15ClN2O/c1-9-7-14(17-10(2)11(9)8-16)18-13-6-4-3-5-12(13)15/h3-7H,8,16H2,1-2H3. The van der Waals surface area contributed by atoms with Crippen LogP contribution < -0.4 is 10.5 Å². The fourth-order valence-electron chi connectivity index (χ4n) is 1.82. The van der Waals surface area contributed by atoms with E-state index < -0.39 is 0 Å². The first-order chi connectivity index (χ1) is 8.61. The number of halogens is 1. The molecule has 0 amide bonds. The van der Waals surface area contributed by atoms with E-state index in [4.69, 9.17) is 22.1 Å². The van der Waals surface area contributed by atoms with Gasteiger partial charge in [0.2, 0.25) is 5.88 Å². The topological polar surface area (TPSA) is 48.1 Å².